The number of fused-ring (bicyclic) bond motifs is 9. The first-order valence-corrected chi connectivity index (χ1v) is 19.5. The van der Waals surface area contributed by atoms with Crippen LogP contribution in [0.1, 0.15) is 57.6 Å². The number of piperazine rings is 1. The maximum Gasteiger partial charge on any atom is 0.408 e. The van der Waals surface area contributed by atoms with Crippen molar-refractivity contribution in [2.75, 3.05) is 53.8 Å². The summed E-state index contributed by atoms with van der Waals surface area (Å²) >= 11 is 18.7. The molecule has 5 aliphatic rings. The van der Waals surface area contributed by atoms with E-state index in [1.807, 2.05) is 14.0 Å². The molecular formula is C36H39Cl3N4O11S. The number of benzene rings is 2. The van der Waals surface area contributed by atoms with Gasteiger partial charge >= 0.3 is 18.0 Å². The van der Waals surface area contributed by atoms with Gasteiger partial charge in [-0.1, -0.05) is 40.9 Å². The first kappa shape index (κ1) is 39.7. The lowest BCUT2D eigenvalue weighted by atomic mass is 9.71. The second kappa shape index (κ2) is 15.4. The van der Waals surface area contributed by atoms with Gasteiger partial charge in [0.2, 0.25) is 10.6 Å². The number of ether oxygens (including phenoxy) is 8. The SMILES string of the molecule is COCOc1c(OC)c(C)cc2c1C1C3[C@@H]4SC[C@@H](NC(=O)OCC(Cl)(Cl)Cl)C(=O)OC[C@@H](c5c6c(c(C)c(OC(C)=O)c54)OCO6)N3[C@@H](C#N)[C@H](C2)N1C. The molecule has 0 aromatic heterocycles. The molecule has 2 fully saturated rings. The van der Waals surface area contributed by atoms with E-state index in [9.17, 15) is 19.6 Å². The fourth-order valence-corrected chi connectivity index (χ4v) is 10.3. The van der Waals surface area contributed by atoms with Crippen LogP contribution in [-0.2, 0) is 30.2 Å². The van der Waals surface area contributed by atoms with Crippen molar-refractivity contribution in [3.63, 3.8) is 0 Å². The molecule has 55 heavy (non-hydrogen) atoms. The summed E-state index contributed by atoms with van der Waals surface area (Å²) in [5.41, 5.74) is 4.45. The molecular weight excluding hydrogens is 803 g/mol. The Labute approximate surface area is 336 Å². The van der Waals surface area contributed by atoms with E-state index in [2.05, 4.69) is 27.3 Å². The van der Waals surface area contributed by atoms with E-state index in [0.29, 0.717) is 46.1 Å². The number of hydrogen-bond donors (Lipinski definition) is 1. The van der Waals surface area contributed by atoms with Crippen LogP contribution in [-0.4, -0.2) is 110 Å². The number of amides is 1. The van der Waals surface area contributed by atoms with E-state index in [4.69, 9.17) is 72.7 Å². The normalized spacial score (nSPS) is 26.8. The van der Waals surface area contributed by atoms with Gasteiger partial charge in [-0.05, 0) is 38.4 Å². The molecule has 0 spiro atoms. The van der Waals surface area contributed by atoms with Crippen molar-refractivity contribution in [2.45, 2.75) is 72.5 Å². The Morgan fingerprint density at radius 2 is 1.84 bits per heavy atom. The summed E-state index contributed by atoms with van der Waals surface area (Å²) in [5, 5.41) is 13.0. The van der Waals surface area contributed by atoms with Crippen LogP contribution < -0.4 is 29.0 Å². The average molecular weight is 842 g/mol. The lowest BCUT2D eigenvalue weighted by Gasteiger charge is -2.61. The third kappa shape index (κ3) is 6.96. The number of nitriles is 1. The van der Waals surface area contributed by atoms with Gasteiger partial charge in [0, 0.05) is 54.1 Å². The van der Waals surface area contributed by atoms with Crippen molar-refractivity contribution in [3.05, 3.63) is 39.4 Å². The number of cyclic esters (lactones) is 1. The van der Waals surface area contributed by atoms with Gasteiger partial charge in [-0.15, -0.1) is 11.8 Å². The van der Waals surface area contributed by atoms with Crippen molar-refractivity contribution >= 4 is 64.6 Å². The second-order valence-corrected chi connectivity index (χ2v) is 17.5. The van der Waals surface area contributed by atoms with Crippen LogP contribution in [0.4, 0.5) is 4.79 Å². The Hall–Kier alpha value is -3.56. The molecule has 296 valence electrons. The predicted molar refractivity (Wildman–Crippen MR) is 199 cm³/mol. The molecule has 0 aliphatic carbocycles. The number of hydrogen-bond acceptors (Lipinski definition) is 15. The molecule has 2 aromatic rings. The molecule has 7 atom stereocenters. The molecule has 2 saturated heterocycles. The zero-order valence-corrected chi connectivity index (χ0v) is 33.8. The number of aryl methyl sites for hydroxylation is 1. The number of carbonyl (C=O) groups excluding carboxylic acids is 3. The van der Waals surface area contributed by atoms with Gasteiger partial charge in [0.25, 0.3) is 0 Å². The smallest absolute Gasteiger partial charge is 0.408 e. The summed E-state index contributed by atoms with van der Waals surface area (Å²) in [6.07, 6.45) is -0.492. The number of thioether (sulfide) groups is 1. The van der Waals surface area contributed by atoms with Crippen molar-refractivity contribution in [1.29, 1.82) is 5.26 Å². The van der Waals surface area contributed by atoms with Crippen LogP contribution in [0, 0.1) is 25.2 Å². The van der Waals surface area contributed by atoms with E-state index in [1.165, 1.54) is 25.8 Å². The van der Waals surface area contributed by atoms with Crippen LogP contribution in [0.5, 0.6) is 28.7 Å². The van der Waals surface area contributed by atoms with Crippen molar-refractivity contribution in [3.8, 4) is 34.8 Å². The lowest BCUT2D eigenvalue weighted by Crippen LogP contribution is -2.69. The van der Waals surface area contributed by atoms with Gasteiger partial charge in [0.1, 0.15) is 31.0 Å². The fraction of sp³-hybridized carbons (Fsp3) is 0.556. The van der Waals surface area contributed by atoms with Crippen LogP contribution in [0.15, 0.2) is 6.07 Å². The highest BCUT2D eigenvalue weighted by molar-refractivity contribution is 7.99. The minimum absolute atomic E-state index is 0.0397. The van der Waals surface area contributed by atoms with Crippen LogP contribution in [0.2, 0.25) is 0 Å². The molecule has 5 heterocycles. The molecule has 19 heteroatoms. The zero-order chi connectivity index (χ0) is 39.5. The maximum absolute atomic E-state index is 13.8. The summed E-state index contributed by atoms with van der Waals surface area (Å²) in [7, 11) is 5.09. The third-order valence-corrected chi connectivity index (χ3v) is 12.3. The summed E-state index contributed by atoms with van der Waals surface area (Å²) in [5.74, 6) is 0.798. The van der Waals surface area contributed by atoms with Gasteiger partial charge in [0.05, 0.1) is 30.5 Å². The van der Waals surface area contributed by atoms with E-state index in [-0.39, 0.29) is 37.7 Å². The molecule has 2 unspecified atom stereocenters. The van der Waals surface area contributed by atoms with E-state index >= 15 is 0 Å². The number of nitrogens with one attached hydrogen (secondary N) is 1. The van der Waals surface area contributed by atoms with E-state index in [0.717, 1.165) is 16.7 Å². The highest BCUT2D eigenvalue weighted by Crippen LogP contribution is 2.64. The monoisotopic (exact) mass is 840 g/mol. The number of carbonyl (C=O) groups is 3. The van der Waals surface area contributed by atoms with Crippen molar-refractivity contribution in [2.24, 2.45) is 0 Å². The Balaban J connectivity index is 1.46. The largest absolute Gasteiger partial charge is 0.493 e. The number of alkyl halides is 3. The molecule has 1 amide bonds. The molecule has 2 aromatic carbocycles. The van der Waals surface area contributed by atoms with Crippen LogP contribution in [0.25, 0.3) is 0 Å². The van der Waals surface area contributed by atoms with Crippen LogP contribution in [0.3, 0.4) is 0 Å². The second-order valence-electron chi connectivity index (χ2n) is 13.8. The summed E-state index contributed by atoms with van der Waals surface area (Å²) in [4.78, 5) is 43.8. The third-order valence-electron chi connectivity index (χ3n) is 10.6. The molecule has 5 aliphatic heterocycles. The Morgan fingerprint density at radius 1 is 1.09 bits per heavy atom. The summed E-state index contributed by atoms with van der Waals surface area (Å²) in [6.45, 7) is 4.06. The number of alkyl carbamates (subject to hydrolysis) is 1. The van der Waals surface area contributed by atoms with Gasteiger partial charge in [-0.2, -0.15) is 5.26 Å². The number of likely N-dealkylation sites (N-methyl/N-ethyl adjacent to an activating group) is 1. The summed E-state index contributed by atoms with van der Waals surface area (Å²) in [6, 6.07) is 0.615. The molecule has 1 N–H and O–H groups in total. The first-order valence-electron chi connectivity index (χ1n) is 17.3. The lowest BCUT2D eigenvalue weighted by molar-refractivity contribution is -0.151. The fourth-order valence-electron chi connectivity index (χ4n) is 8.64. The number of nitrogens with zero attached hydrogens (tertiary/aromatic N) is 3. The van der Waals surface area contributed by atoms with E-state index < -0.39 is 63.9 Å². The predicted octanol–water partition coefficient (Wildman–Crippen LogP) is 4.97. The molecule has 7 rings (SSSR count). The van der Waals surface area contributed by atoms with E-state index in [1.54, 1.807) is 14.0 Å². The molecule has 15 nitrogen and oxygen atoms in total. The van der Waals surface area contributed by atoms with Gasteiger partial charge < -0.3 is 43.2 Å². The minimum Gasteiger partial charge on any atom is -0.493 e. The number of rotatable bonds is 7. The quantitative estimate of drug-likeness (QED) is 0.172. The molecule has 4 bridgehead atoms. The number of methoxy groups -OCH3 is 2. The molecule has 0 radical (unpaired) electrons. The van der Waals surface area contributed by atoms with Crippen LogP contribution >= 0.6 is 46.6 Å². The number of halogens is 3. The highest BCUT2D eigenvalue weighted by Gasteiger charge is 2.61. The highest BCUT2D eigenvalue weighted by atomic mass is 35.6. The van der Waals surface area contributed by atoms with Gasteiger partial charge in [0.15, 0.2) is 29.8 Å². The first-order chi connectivity index (χ1) is 26.2. The summed E-state index contributed by atoms with van der Waals surface area (Å²) < 4.78 is 45.0. The zero-order valence-electron chi connectivity index (χ0n) is 30.7. The average Bonchev–Trinajstić information content (AvgIpc) is 3.62. The molecule has 0 saturated carbocycles. The van der Waals surface area contributed by atoms with Crippen molar-refractivity contribution < 1.29 is 52.3 Å². The Bertz CT molecular complexity index is 1960. The van der Waals surface area contributed by atoms with Gasteiger partial charge in [-0.25, -0.2) is 9.59 Å². The van der Waals surface area contributed by atoms with Gasteiger partial charge in [-0.3, -0.25) is 14.6 Å². The topological polar surface area (TPSA) is 167 Å². The Kier molecular flexibility index (Phi) is 11.1. The number of esters is 2. The maximum atomic E-state index is 13.8. The minimum atomic E-state index is -1.88. The standard InChI is InChI=1S/C36H39Cl3N4O11S/c1-15-7-18-8-20-21(9-40)43-22-10-49-34(45)19(41-35(46)50-12-36(37,38)39)11-55-33(25-24(22)32-30(52-14-53-32)16(2)29(25)54-17(3)44)27(43)26(42(20)4)23(18)31(28(15)48-6)51-13-47-5/h7,19-22,26-27,33H,8,10-14H2,1-6H3,(H,41,46)/t19-,20+,21+,22+,26?,27?,33-/m1/s1. The van der Waals surface area contributed by atoms with Crippen molar-refractivity contribution in [1.82, 2.24) is 15.1 Å². The Morgan fingerprint density at radius 3 is 2.51 bits per heavy atom.